The number of oxime groups is 1. The zero-order chi connectivity index (χ0) is 18.2. The minimum atomic E-state index is -0.169. The summed E-state index contributed by atoms with van der Waals surface area (Å²) in [4.78, 5) is 25.8. The second-order valence-electron chi connectivity index (χ2n) is 6.73. The SMILES string of the molecule is CCC(C)/C(CCCCCCCN1C(=O)c2ccccc2C1=O)=N/O. The third-order valence-corrected chi connectivity index (χ3v) is 5.00. The van der Waals surface area contributed by atoms with Crippen LogP contribution in [0.15, 0.2) is 29.4 Å². The summed E-state index contributed by atoms with van der Waals surface area (Å²) in [5.74, 6) is -0.00488. The predicted octanol–water partition coefficient (Wildman–Crippen LogP) is 4.50. The van der Waals surface area contributed by atoms with Crippen LogP contribution in [0, 0.1) is 5.92 Å². The molecule has 0 saturated heterocycles. The Balaban J connectivity index is 1.65. The number of imide groups is 1. The Kier molecular flexibility index (Phi) is 7.16. The molecule has 0 aromatic heterocycles. The van der Waals surface area contributed by atoms with Crippen LogP contribution in [0.2, 0.25) is 0 Å². The van der Waals surface area contributed by atoms with Crippen LogP contribution in [0.25, 0.3) is 0 Å². The van der Waals surface area contributed by atoms with Gasteiger partial charge in [-0.15, -0.1) is 0 Å². The second-order valence-corrected chi connectivity index (χ2v) is 6.73. The average Bonchev–Trinajstić information content (AvgIpc) is 2.88. The smallest absolute Gasteiger partial charge is 0.261 e. The molecule has 1 aliphatic heterocycles. The number of unbranched alkanes of at least 4 members (excludes halogenated alkanes) is 4. The molecule has 2 amide bonds. The van der Waals surface area contributed by atoms with Crippen LogP contribution in [0.4, 0.5) is 0 Å². The van der Waals surface area contributed by atoms with Gasteiger partial charge in [0.1, 0.15) is 0 Å². The number of amides is 2. The largest absolute Gasteiger partial charge is 0.411 e. The highest BCUT2D eigenvalue weighted by atomic mass is 16.4. The van der Waals surface area contributed by atoms with Crippen molar-refractivity contribution >= 4 is 17.5 Å². The first kappa shape index (κ1) is 19.2. The highest BCUT2D eigenvalue weighted by molar-refractivity contribution is 6.21. The van der Waals surface area contributed by atoms with Crippen LogP contribution < -0.4 is 0 Å². The van der Waals surface area contributed by atoms with E-state index in [0.717, 1.165) is 50.7 Å². The molecule has 5 nitrogen and oxygen atoms in total. The van der Waals surface area contributed by atoms with Gasteiger partial charge in [-0.1, -0.05) is 50.4 Å². The van der Waals surface area contributed by atoms with Crippen molar-refractivity contribution in [3.8, 4) is 0 Å². The zero-order valence-electron chi connectivity index (χ0n) is 15.2. The molecule has 0 bridgehead atoms. The monoisotopic (exact) mass is 344 g/mol. The first-order valence-corrected chi connectivity index (χ1v) is 9.26. The van der Waals surface area contributed by atoms with Crippen molar-refractivity contribution in [1.82, 2.24) is 4.90 Å². The quantitative estimate of drug-likeness (QED) is 0.223. The van der Waals surface area contributed by atoms with E-state index < -0.39 is 0 Å². The van der Waals surface area contributed by atoms with Gasteiger partial charge in [0.2, 0.25) is 0 Å². The normalized spacial score (nSPS) is 15.6. The summed E-state index contributed by atoms with van der Waals surface area (Å²) in [5, 5.41) is 12.4. The molecule has 0 fully saturated rings. The lowest BCUT2D eigenvalue weighted by molar-refractivity contribution is 0.0651. The molecule has 0 radical (unpaired) electrons. The maximum Gasteiger partial charge on any atom is 0.261 e. The number of rotatable bonds is 10. The Labute approximate surface area is 149 Å². The van der Waals surface area contributed by atoms with E-state index in [2.05, 4.69) is 19.0 Å². The van der Waals surface area contributed by atoms with Crippen molar-refractivity contribution in [2.75, 3.05) is 6.54 Å². The number of nitrogens with zero attached hydrogens (tertiary/aromatic N) is 2. The summed E-state index contributed by atoms with van der Waals surface area (Å²) in [5.41, 5.74) is 1.93. The molecule has 0 spiro atoms. The van der Waals surface area contributed by atoms with Gasteiger partial charge in [-0.05, 0) is 43.7 Å². The fraction of sp³-hybridized carbons (Fsp3) is 0.550. The van der Waals surface area contributed by atoms with Crippen molar-refractivity contribution in [3.05, 3.63) is 35.4 Å². The van der Waals surface area contributed by atoms with E-state index in [1.165, 1.54) is 4.90 Å². The van der Waals surface area contributed by atoms with Gasteiger partial charge in [0.25, 0.3) is 11.8 Å². The lowest BCUT2D eigenvalue weighted by Gasteiger charge is -2.13. The molecular weight excluding hydrogens is 316 g/mol. The molecule has 2 rings (SSSR count). The third kappa shape index (κ3) is 4.68. The first-order chi connectivity index (χ1) is 12.1. The first-order valence-electron chi connectivity index (χ1n) is 9.26. The molecule has 0 saturated carbocycles. The fourth-order valence-electron chi connectivity index (χ4n) is 3.18. The number of hydrogen-bond donors (Lipinski definition) is 1. The molecule has 1 aliphatic rings. The summed E-state index contributed by atoms with van der Waals surface area (Å²) in [7, 11) is 0. The maximum absolute atomic E-state index is 12.2. The number of hydrogen-bond acceptors (Lipinski definition) is 4. The predicted molar refractivity (Wildman–Crippen MR) is 98.2 cm³/mol. The number of fused-ring (bicyclic) bond motifs is 1. The Bertz CT molecular complexity index is 605. The molecule has 25 heavy (non-hydrogen) atoms. The van der Waals surface area contributed by atoms with Crippen molar-refractivity contribution in [2.24, 2.45) is 11.1 Å². The Morgan fingerprint density at radius 2 is 1.60 bits per heavy atom. The van der Waals surface area contributed by atoms with E-state index in [1.807, 2.05) is 0 Å². The van der Waals surface area contributed by atoms with Gasteiger partial charge in [0.15, 0.2) is 0 Å². The lowest BCUT2D eigenvalue weighted by Crippen LogP contribution is -2.30. The van der Waals surface area contributed by atoms with E-state index in [1.54, 1.807) is 24.3 Å². The molecule has 1 atom stereocenters. The van der Waals surface area contributed by atoms with Gasteiger partial charge in [-0.25, -0.2) is 0 Å². The minimum Gasteiger partial charge on any atom is -0.411 e. The third-order valence-electron chi connectivity index (χ3n) is 5.00. The molecule has 5 heteroatoms. The standard InChI is InChI=1S/C20H28N2O3/c1-3-15(2)18(21-25)13-7-5-4-6-10-14-22-19(23)16-11-8-9-12-17(16)20(22)24/h8-9,11-12,15,25H,3-7,10,13-14H2,1-2H3/b21-18+. The van der Waals surface area contributed by atoms with Crippen molar-refractivity contribution in [3.63, 3.8) is 0 Å². The molecule has 136 valence electrons. The number of carbonyl (C=O) groups excluding carboxylic acids is 2. The number of carbonyl (C=O) groups is 2. The van der Waals surface area contributed by atoms with Gasteiger partial charge in [0, 0.05) is 6.54 Å². The number of benzene rings is 1. The van der Waals surface area contributed by atoms with Crippen LogP contribution >= 0.6 is 0 Å². The van der Waals surface area contributed by atoms with Crippen LogP contribution in [-0.2, 0) is 0 Å². The van der Waals surface area contributed by atoms with Gasteiger partial charge >= 0.3 is 0 Å². The maximum atomic E-state index is 12.2. The Morgan fingerprint density at radius 1 is 1.04 bits per heavy atom. The van der Waals surface area contributed by atoms with Gasteiger partial charge in [-0.2, -0.15) is 0 Å². The summed E-state index contributed by atoms with van der Waals surface area (Å²) >= 11 is 0. The molecule has 1 aromatic rings. The van der Waals surface area contributed by atoms with Crippen LogP contribution in [-0.4, -0.2) is 34.2 Å². The molecular formula is C20H28N2O3. The fourth-order valence-corrected chi connectivity index (χ4v) is 3.18. The molecule has 1 unspecified atom stereocenters. The highest BCUT2D eigenvalue weighted by Gasteiger charge is 2.34. The summed E-state index contributed by atoms with van der Waals surface area (Å²) in [6.07, 6.45) is 6.78. The second kappa shape index (κ2) is 9.35. The van der Waals surface area contributed by atoms with Crippen molar-refractivity contribution in [1.29, 1.82) is 0 Å². The lowest BCUT2D eigenvalue weighted by atomic mass is 9.97. The topological polar surface area (TPSA) is 70.0 Å². The molecule has 1 aromatic carbocycles. The Morgan fingerprint density at radius 3 is 2.16 bits per heavy atom. The van der Waals surface area contributed by atoms with Gasteiger partial charge < -0.3 is 5.21 Å². The summed E-state index contributed by atoms with van der Waals surface area (Å²) < 4.78 is 0. The average molecular weight is 344 g/mol. The van der Waals surface area contributed by atoms with Gasteiger partial charge in [-0.3, -0.25) is 14.5 Å². The van der Waals surface area contributed by atoms with E-state index in [4.69, 9.17) is 5.21 Å². The molecule has 1 heterocycles. The highest BCUT2D eigenvalue weighted by Crippen LogP contribution is 2.23. The zero-order valence-corrected chi connectivity index (χ0v) is 15.2. The van der Waals surface area contributed by atoms with Crippen LogP contribution in [0.3, 0.4) is 0 Å². The van der Waals surface area contributed by atoms with Crippen LogP contribution in [0.1, 0.15) is 79.5 Å². The van der Waals surface area contributed by atoms with E-state index in [9.17, 15) is 9.59 Å². The van der Waals surface area contributed by atoms with E-state index in [0.29, 0.717) is 23.6 Å². The van der Waals surface area contributed by atoms with Gasteiger partial charge in [0.05, 0.1) is 16.8 Å². The minimum absolute atomic E-state index is 0.169. The molecule has 0 aliphatic carbocycles. The molecule has 1 N–H and O–H groups in total. The van der Waals surface area contributed by atoms with E-state index in [-0.39, 0.29) is 11.8 Å². The van der Waals surface area contributed by atoms with Crippen molar-refractivity contribution in [2.45, 2.75) is 58.8 Å². The van der Waals surface area contributed by atoms with Crippen LogP contribution in [0.5, 0.6) is 0 Å². The Hall–Kier alpha value is -2.17. The summed E-state index contributed by atoms with van der Waals surface area (Å²) in [6, 6.07) is 7.01. The van der Waals surface area contributed by atoms with E-state index >= 15 is 0 Å². The summed E-state index contributed by atoms with van der Waals surface area (Å²) in [6.45, 7) is 4.66. The van der Waals surface area contributed by atoms with Crippen molar-refractivity contribution < 1.29 is 14.8 Å².